The van der Waals surface area contributed by atoms with E-state index in [0.717, 1.165) is 17.4 Å². The molecular formula is C14H19NO4S. The Morgan fingerprint density at radius 3 is 2.50 bits per heavy atom. The van der Waals surface area contributed by atoms with E-state index in [2.05, 4.69) is 4.72 Å². The maximum Gasteiger partial charge on any atom is 0.244 e. The fourth-order valence-corrected chi connectivity index (χ4v) is 3.11. The fourth-order valence-electron chi connectivity index (χ4n) is 2.58. The molecule has 0 spiro atoms. The Balaban J connectivity index is 2.43. The van der Waals surface area contributed by atoms with Crippen molar-refractivity contribution >= 4 is 15.9 Å². The Labute approximate surface area is 119 Å². The molecule has 6 heteroatoms. The van der Waals surface area contributed by atoms with E-state index in [-0.39, 0.29) is 0 Å². The van der Waals surface area contributed by atoms with Crippen LogP contribution >= 0.6 is 0 Å². The predicted octanol–water partition coefficient (Wildman–Crippen LogP) is 1.12. The minimum atomic E-state index is -3.57. The van der Waals surface area contributed by atoms with Gasteiger partial charge in [0.25, 0.3) is 0 Å². The van der Waals surface area contributed by atoms with Crippen molar-refractivity contribution < 1.29 is 17.9 Å². The second-order valence-electron chi connectivity index (χ2n) is 5.27. The molecule has 0 aromatic heterocycles. The average Bonchev–Trinajstić information content (AvgIpc) is 2.37. The zero-order chi connectivity index (χ0) is 14.8. The first-order valence-electron chi connectivity index (χ1n) is 6.51. The number of sulfonamides is 1. The number of rotatable bonds is 3. The van der Waals surface area contributed by atoms with E-state index in [9.17, 15) is 13.2 Å². The Morgan fingerprint density at radius 2 is 1.95 bits per heavy atom. The number of benzene rings is 1. The van der Waals surface area contributed by atoms with E-state index >= 15 is 0 Å². The molecule has 20 heavy (non-hydrogen) atoms. The summed E-state index contributed by atoms with van der Waals surface area (Å²) in [4.78, 5) is 12.5. The summed E-state index contributed by atoms with van der Waals surface area (Å²) in [6.45, 7) is 2.85. The second kappa shape index (κ2) is 5.54. The summed E-state index contributed by atoms with van der Waals surface area (Å²) < 4.78 is 30.2. The highest BCUT2D eigenvalue weighted by Gasteiger charge is 2.42. The quantitative estimate of drug-likeness (QED) is 0.907. The van der Waals surface area contributed by atoms with Crippen molar-refractivity contribution in [2.75, 3.05) is 19.5 Å². The zero-order valence-corrected chi connectivity index (χ0v) is 12.5. The third kappa shape index (κ3) is 3.19. The summed E-state index contributed by atoms with van der Waals surface area (Å²) in [6.07, 6.45) is 1.96. The molecule has 2 rings (SSSR count). The molecule has 0 radical (unpaired) electrons. The van der Waals surface area contributed by atoms with Gasteiger partial charge in [0.05, 0.1) is 11.7 Å². The molecule has 1 N–H and O–H groups in total. The lowest BCUT2D eigenvalue weighted by atomic mass is 9.73. The summed E-state index contributed by atoms with van der Waals surface area (Å²) in [5, 5.41) is 0. The Morgan fingerprint density at radius 1 is 1.30 bits per heavy atom. The van der Waals surface area contributed by atoms with E-state index in [0.29, 0.717) is 26.1 Å². The molecule has 1 saturated heterocycles. The highest BCUT2D eigenvalue weighted by Crippen LogP contribution is 2.35. The van der Waals surface area contributed by atoms with E-state index < -0.39 is 21.3 Å². The first-order chi connectivity index (χ1) is 9.33. The number of hydrogen-bond acceptors (Lipinski definition) is 4. The fraction of sp³-hybridized carbons (Fsp3) is 0.500. The summed E-state index contributed by atoms with van der Waals surface area (Å²) in [5.41, 5.74) is 1.07. The van der Waals surface area contributed by atoms with Crippen LogP contribution in [0.2, 0.25) is 0 Å². The van der Waals surface area contributed by atoms with Crippen LogP contribution < -0.4 is 4.72 Å². The summed E-state index contributed by atoms with van der Waals surface area (Å²) >= 11 is 0. The van der Waals surface area contributed by atoms with Gasteiger partial charge >= 0.3 is 0 Å². The Kier molecular flexibility index (Phi) is 4.15. The molecule has 0 atom stereocenters. The highest BCUT2D eigenvalue weighted by atomic mass is 32.2. The molecule has 0 bridgehead atoms. The molecule has 5 nitrogen and oxygen atoms in total. The average molecular weight is 297 g/mol. The van der Waals surface area contributed by atoms with Crippen LogP contribution in [-0.4, -0.2) is 33.8 Å². The van der Waals surface area contributed by atoms with Gasteiger partial charge in [-0.2, -0.15) is 0 Å². The number of amides is 1. The maximum absolute atomic E-state index is 12.5. The van der Waals surface area contributed by atoms with Crippen molar-refractivity contribution in [1.29, 1.82) is 0 Å². The van der Waals surface area contributed by atoms with Crippen LogP contribution in [0.25, 0.3) is 0 Å². The van der Waals surface area contributed by atoms with Gasteiger partial charge in [-0.1, -0.05) is 29.8 Å². The summed E-state index contributed by atoms with van der Waals surface area (Å²) in [6, 6.07) is 7.65. The number of carbonyl (C=O) groups is 1. The molecule has 1 heterocycles. The molecular weight excluding hydrogens is 278 g/mol. The molecule has 1 fully saturated rings. The topological polar surface area (TPSA) is 72.5 Å². The van der Waals surface area contributed by atoms with Gasteiger partial charge in [-0.15, -0.1) is 0 Å². The largest absolute Gasteiger partial charge is 0.381 e. The standard InChI is InChI=1S/C14H19NO4S/c1-11-4-3-5-12(10-11)14(6-8-19-9-7-14)13(16)15-20(2,17)18/h3-5,10H,6-9H2,1-2H3,(H,15,16). The smallest absolute Gasteiger partial charge is 0.244 e. The monoisotopic (exact) mass is 297 g/mol. The molecule has 110 valence electrons. The lowest BCUT2D eigenvalue weighted by molar-refractivity contribution is -0.128. The SMILES string of the molecule is Cc1cccc(C2(C(=O)NS(C)(=O)=O)CCOCC2)c1. The van der Waals surface area contributed by atoms with Crippen molar-refractivity contribution in [2.24, 2.45) is 0 Å². The van der Waals surface area contributed by atoms with E-state index in [1.165, 1.54) is 0 Å². The first-order valence-corrected chi connectivity index (χ1v) is 8.40. The molecule has 0 saturated carbocycles. The zero-order valence-electron chi connectivity index (χ0n) is 11.7. The van der Waals surface area contributed by atoms with Gasteiger partial charge in [-0.25, -0.2) is 8.42 Å². The number of aryl methyl sites for hydroxylation is 1. The lowest BCUT2D eigenvalue weighted by Gasteiger charge is -2.36. The highest BCUT2D eigenvalue weighted by molar-refractivity contribution is 7.89. The van der Waals surface area contributed by atoms with Gasteiger partial charge in [0.1, 0.15) is 0 Å². The molecule has 1 aliphatic heterocycles. The minimum Gasteiger partial charge on any atom is -0.381 e. The van der Waals surface area contributed by atoms with Crippen LogP contribution in [0.15, 0.2) is 24.3 Å². The maximum atomic E-state index is 12.5. The van der Waals surface area contributed by atoms with E-state index in [1.54, 1.807) is 0 Å². The predicted molar refractivity (Wildman–Crippen MR) is 75.9 cm³/mol. The third-order valence-corrected chi connectivity index (χ3v) is 4.19. The van der Waals surface area contributed by atoms with Gasteiger partial charge in [0.2, 0.25) is 15.9 Å². The molecule has 0 unspecified atom stereocenters. The van der Waals surface area contributed by atoms with Crippen molar-refractivity contribution in [3.05, 3.63) is 35.4 Å². The molecule has 1 aromatic rings. The van der Waals surface area contributed by atoms with Gasteiger partial charge in [0.15, 0.2) is 0 Å². The molecule has 1 amide bonds. The first kappa shape index (κ1) is 15.0. The van der Waals surface area contributed by atoms with Gasteiger partial charge in [-0.05, 0) is 25.3 Å². The lowest BCUT2D eigenvalue weighted by Crippen LogP contribution is -2.49. The number of hydrogen-bond donors (Lipinski definition) is 1. The normalized spacial score (nSPS) is 18.5. The van der Waals surface area contributed by atoms with Crippen LogP contribution in [0, 0.1) is 6.92 Å². The van der Waals surface area contributed by atoms with Crippen molar-refractivity contribution in [2.45, 2.75) is 25.2 Å². The van der Waals surface area contributed by atoms with Gasteiger partial charge < -0.3 is 4.74 Å². The van der Waals surface area contributed by atoms with Crippen LogP contribution in [0.1, 0.15) is 24.0 Å². The second-order valence-corrected chi connectivity index (χ2v) is 7.02. The third-order valence-electron chi connectivity index (χ3n) is 3.63. The van der Waals surface area contributed by atoms with E-state index in [1.807, 2.05) is 31.2 Å². The van der Waals surface area contributed by atoms with Crippen molar-refractivity contribution in [3.8, 4) is 0 Å². The van der Waals surface area contributed by atoms with E-state index in [4.69, 9.17) is 4.74 Å². The Hall–Kier alpha value is -1.40. The number of carbonyl (C=O) groups excluding carboxylic acids is 1. The molecule has 1 aromatic carbocycles. The minimum absolute atomic E-state index is 0.450. The van der Waals surface area contributed by atoms with Crippen LogP contribution in [0.5, 0.6) is 0 Å². The van der Waals surface area contributed by atoms with Gasteiger partial charge in [-0.3, -0.25) is 9.52 Å². The van der Waals surface area contributed by atoms with Crippen LogP contribution in [-0.2, 0) is 25.0 Å². The summed E-state index contributed by atoms with van der Waals surface area (Å²) in [7, 11) is -3.57. The van der Waals surface area contributed by atoms with Crippen molar-refractivity contribution in [1.82, 2.24) is 4.72 Å². The summed E-state index contributed by atoms with van der Waals surface area (Å²) in [5.74, 6) is -0.464. The number of nitrogens with one attached hydrogen (secondary N) is 1. The number of ether oxygens (including phenoxy) is 1. The molecule has 0 aliphatic carbocycles. The van der Waals surface area contributed by atoms with Crippen LogP contribution in [0.4, 0.5) is 0 Å². The van der Waals surface area contributed by atoms with Gasteiger partial charge in [0, 0.05) is 13.2 Å². The molecule has 1 aliphatic rings. The van der Waals surface area contributed by atoms with Crippen LogP contribution in [0.3, 0.4) is 0 Å². The Bertz CT molecular complexity index is 603. The van der Waals surface area contributed by atoms with Crippen molar-refractivity contribution in [3.63, 3.8) is 0 Å².